The quantitative estimate of drug-likeness (QED) is 0.211. The molecule has 11 rings (SSSR count). The van der Waals surface area contributed by atoms with Crippen molar-refractivity contribution >= 4 is 75.9 Å². The molecule has 4 nitrogen and oxygen atoms in total. The molecule has 2 aromatic heterocycles. The largest absolute Gasteiger partial charge is 0.456 e. The molecule has 1 N–H and O–H groups in total. The molecule has 9 aromatic rings. The monoisotopic (exact) mass is 631 g/mol. The van der Waals surface area contributed by atoms with E-state index in [2.05, 4.69) is 115 Å². The van der Waals surface area contributed by atoms with Crippen LogP contribution in [0.5, 0.6) is 0 Å². The molecule has 0 amide bonds. The van der Waals surface area contributed by atoms with Gasteiger partial charge in [0.05, 0.1) is 0 Å². The normalized spacial score (nSPS) is 15.3. The highest BCUT2D eigenvalue weighted by Gasteiger charge is 2.27. The van der Waals surface area contributed by atoms with Gasteiger partial charge < -0.3 is 9.73 Å². The van der Waals surface area contributed by atoms with Crippen molar-refractivity contribution in [1.29, 1.82) is 0 Å². The van der Waals surface area contributed by atoms with Crippen LogP contribution in [0.4, 0.5) is 0 Å². The van der Waals surface area contributed by atoms with Crippen LogP contribution in [0.15, 0.2) is 154 Å². The van der Waals surface area contributed by atoms with E-state index in [0.29, 0.717) is 0 Å². The molecule has 1 aliphatic carbocycles. The number of thiophene rings is 1. The molecule has 1 aliphatic heterocycles. The van der Waals surface area contributed by atoms with E-state index in [1.807, 2.05) is 41.7 Å². The molecule has 5 heteroatoms. The fraction of sp³-hybridized carbons (Fsp3) is 0.0233. The van der Waals surface area contributed by atoms with Crippen LogP contribution in [0.25, 0.3) is 75.1 Å². The molecule has 0 bridgehead atoms. The summed E-state index contributed by atoms with van der Waals surface area (Å²) in [6, 6.07) is 49.3. The lowest BCUT2D eigenvalue weighted by atomic mass is 9.97. The zero-order valence-electron chi connectivity index (χ0n) is 25.6. The Morgan fingerprint density at radius 2 is 1.17 bits per heavy atom. The van der Waals surface area contributed by atoms with Crippen LogP contribution in [0, 0.1) is 0 Å². The van der Waals surface area contributed by atoms with Crippen molar-refractivity contribution in [2.45, 2.75) is 6.17 Å². The fourth-order valence-electron chi connectivity index (χ4n) is 7.83. The molecule has 0 saturated heterocycles. The van der Waals surface area contributed by atoms with E-state index < -0.39 is 6.17 Å². The Hall–Kier alpha value is -6.04. The molecule has 0 fully saturated rings. The highest BCUT2D eigenvalue weighted by Crippen LogP contribution is 2.52. The molecule has 1 unspecified atom stereocenters. The van der Waals surface area contributed by atoms with Crippen molar-refractivity contribution in [3.63, 3.8) is 0 Å². The van der Waals surface area contributed by atoms with Crippen molar-refractivity contribution in [2.24, 2.45) is 9.98 Å². The molecule has 0 spiro atoms. The number of para-hydroxylation sites is 1. The van der Waals surface area contributed by atoms with Gasteiger partial charge in [-0.2, -0.15) is 0 Å². The first-order chi connectivity index (χ1) is 23.8. The number of benzene rings is 7. The highest BCUT2D eigenvalue weighted by atomic mass is 32.1. The number of fused-ring (bicyclic) bond motifs is 10. The van der Waals surface area contributed by atoms with Gasteiger partial charge in [0.15, 0.2) is 6.17 Å². The zero-order valence-corrected chi connectivity index (χ0v) is 26.4. The molecule has 7 aromatic carbocycles. The molecule has 0 radical (unpaired) electrons. The van der Waals surface area contributed by atoms with E-state index in [0.717, 1.165) is 50.3 Å². The predicted octanol–water partition coefficient (Wildman–Crippen LogP) is 11.2. The first-order valence-electron chi connectivity index (χ1n) is 16.2. The maximum atomic E-state index is 6.27. The number of nitrogens with one attached hydrogen (secondary N) is 1. The van der Waals surface area contributed by atoms with Gasteiger partial charge in [0.25, 0.3) is 0 Å². The Bertz CT molecular complexity index is 2880. The van der Waals surface area contributed by atoms with Gasteiger partial charge in [-0.3, -0.25) is 0 Å². The Morgan fingerprint density at radius 1 is 0.500 bits per heavy atom. The zero-order chi connectivity index (χ0) is 31.3. The van der Waals surface area contributed by atoms with Crippen molar-refractivity contribution in [1.82, 2.24) is 5.32 Å². The molecule has 2 aliphatic rings. The summed E-state index contributed by atoms with van der Waals surface area (Å²) in [5.74, 6) is 1.62. The third-order valence-corrected chi connectivity index (χ3v) is 11.1. The summed E-state index contributed by atoms with van der Waals surface area (Å²) in [7, 11) is 0. The first-order valence-corrected chi connectivity index (χ1v) is 17.0. The molecule has 1 atom stereocenters. The predicted molar refractivity (Wildman–Crippen MR) is 200 cm³/mol. The molecular weight excluding hydrogens is 607 g/mol. The third kappa shape index (κ3) is 3.59. The highest BCUT2D eigenvalue weighted by molar-refractivity contribution is 7.26. The van der Waals surface area contributed by atoms with Crippen LogP contribution in [0.1, 0.15) is 22.9 Å². The summed E-state index contributed by atoms with van der Waals surface area (Å²) < 4.78 is 8.77. The SMILES string of the molecule is c1ccc(C2=NC(c3cccc4oc5ccccc5c34)N=C(c3cccc4c3sc3cc5c6c(cccc6c34)-c3ccccc3-5)N2)cc1. The average Bonchev–Trinajstić information content (AvgIpc) is 3.82. The minimum Gasteiger partial charge on any atom is -0.456 e. The standard InChI is InChI=1S/C43H25N3OS/c1-2-11-24(12-3-1)41-44-42(31-19-10-22-35-38(31)28-15-6-7-21-34(28)47-35)46-43(45-41)32-20-9-18-30-39-29-17-8-16-27-25-13-4-5-14-26(25)33(37(27)29)23-36(39)48-40(30)32/h1-23,42H,(H,44,45,46). The summed E-state index contributed by atoms with van der Waals surface area (Å²) >= 11 is 1.85. The second-order valence-corrected chi connectivity index (χ2v) is 13.5. The van der Waals surface area contributed by atoms with E-state index in [-0.39, 0.29) is 0 Å². The Labute approximate surface area is 279 Å². The number of furan rings is 1. The third-order valence-electron chi connectivity index (χ3n) is 9.88. The Morgan fingerprint density at radius 3 is 2.06 bits per heavy atom. The van der Waals surface area contributed by atoms with Gasteiger partial charge in [-0.25, -0.2) is 9.98 Å². The number of aliphatic imine (C=N–C) groups is 2. The number of nitrogens with zero attached hydrogens (tertiary/aromatic N) is 2. The number of hydrogen-bond donors (Lipinski definition) is 1. The maximum absolute atomic E-state index is 6.27. The summed E-state index contributed by atoms with van der Waals surface area (Å²) in [6.07, 6.45) is -0.456. The van der Waals surface area contributed by atoms with Crippen LogP contribution >= 0.6 is 11.3 Å². The summed E-state index contributed by atoms with van der Waals surface area (Å²) in [5.41, 5.74) is 10.1. The van der Waals surface area contributed by atoms with Gasteiger partial charge in [-0.1, -0.05) is 115 Å². The molecular formula is C43H25N3OS. The number of amidine groups is 2. The van der Waals surface area contributed by atoms with E-state index in [1.54, 1.807) is 0 Å². The lowest BCUT2D eigenvalue weighted by Gasteiger charge is -2.23. The van der Waals surface area contributed by atoms with Crippen LogP contribution in [-0.2, 0) is 0 Å². The van der Waals surface area contributed by atoms with Gasteiger partial charge in [-0.15, -0.1) is 11.3 Å². The van der Waals surface area contributed by atoms with Crippen LogP contribution in [0.3, 0.4) is 0 Å². The van der Waals surface area contributed by atoms with Gasteiger partial charge in [0.2, 0.25) is 0 Å². The van der Waals surface area contributed by atoms with E-state index in [4.69, 9.17) is 14.4 Å². The summed E-state index contributed by atoms with van der Waals surface area (Å²) in [4.78, 5) is 10.6. The maximum Gasteiger partial charge on any atom is 0.170 e. The van der Waals surface area contributed by atoms with E-state index in [1.165, 1.54) is 53.2 Å². The lowest BCUT2D eigenvalue weighted by Crippen LogP contribution is -2.36. The molecule has 48 heavy (non-hydrogen) atoms. The van der Waals surface area contributed by atoms with Crippen molar-refractivity contribution in [2.75, 3.05) is 0 Å². The van der Waals surface area contributed by atoms with Crippen molar-refractivity contribution in [3.8, 4) is 22.3 Å². The topological polar surface area (TPSA) is 49.9 Å². The second kappa shape index (κ2) is 9.74. The second-order valence-electron chi connectivity index (χ2n) is 12.5. The smallest absolute Gasteiger partial charge is 0.170 e. The Balaban J connectivity index is 1.15. The summed E-state index contributed by atoms with van der Waals surface area (Å²) in [5, 5.41) is 11.0. The van der Waals surface area contributed by atoms with E-state index >= 15 is 0 Å². The van der Waals surface area contributed by atoms with Gasteiger partial charge >= 0.3 is 0 Å². The van der Waals surface area contributed by atoms with Gasteiger partial charge in [0, 0.05) is 47.6 Å². The minimum atomic E-state index is -0.456. The number of rotatable bonds is 3. The van der Waals surface area contributed by atoms with Crippen molar-refractivity contribution < 1.29 is 4.42 Å². The summed E-state index contributed by atoms with van der Waals surface area (Å²) in [6.45, 7) is 0. The first kappa shape index (κ1) is 26.1. The van der Waals surface area contributed by atoms with Crippen molar-refractivity contribution in [3.05, 3.63) is 156 Å². The Kier molecular flexibility index (Phi) is 5.29. The van der Waals surface area contributed by atoms with Crippen LogP contribution in [0.2, 0.25) is 0 Å². The molecule has 3 heterocycles. The minimum absolute atomic E-state index is 0.456. The van der Waals surface area contributed by atoms with Crippen LogP contribution in [-0.4, -0.2) is 11.7 Å². The lowest BCUT2D eigenvalue weighted by molar-refractivity contribution is 0.667. The molecule has 224 valence electrons. The molecule has 0 saturated carbocycles. The van der Waals surface area contributed by atoms with Crippen LogP contribution < -0.4 is 5.32 Å². The van der Waals surface area contributed by atoms with Gasteiger partial charge in [-0.05, 0) is 57.3 Å². The number of hydrogen-bond acceptors (Lipinski definition) is 5. The fourth-order valence-corrected chi connectivity index (χ4v) is 9.11. The van der Waals surface area contributed by atoms with E-state index in [9.17, 15) is 0 Å². The van der Waals surface area contributed by atoms with Gasteiger partial charge in [0.1, 0.15) is 22.8 Å². The average molecular weight is 632 g/mol.